The molecule has 6 nitrogen and oxygen atoms in total. The van der Waals surface area contributed by atoms with Crippen LogP contribution >= 0.6 is 23.6 Å². The zero-order valence-corrected chi connectivity index (χ0v) is 15.4. The predicted molar refractivity (Wildman–Crippen MR) is 97.8 cm³/mol. The van der Waals surface area contributed by atoms with Crippen molar-refractivity contribution >= 4 is 29.5 Å². The molecule has 0 saturated carbocycles. The molecule has 0 atom stereocenters. The number of hydrogen-bond acceptors (Lipinski definition) is 5. The van der Waals surface area contributed by atoms with Gasteiger partial charge in [0.25, 0.3) is 5.91 Å². The molecule has 0 radical (unpaired) electrons. The van der Waals surface area contributed by atoms with Crippen molar-refractivity contribution in [2.45, 2.75) is 20.1 Å². The molecule has 2 aromatic rings. The molecule has 2 aromatic heterocycles. The lowest BCUT2D eigenvalue weighted by Crippen LogP contribution is -2.48. The molecule has 0 N–H and O–H groups in total. The van der Waals surface area contributed by atoms with Crippen molar-refractivity contribution in [3.8, 4) is 0 Å². The Morgan fingerprint density at radius 3 is 2.79 bits per heavy atom. The zero-order valence-electron chi connectivity index (χ0n) is 13.7. The van der Waals surface area contributed by atoms with Gasteiger partial charge in [0.15, 0.2) is 4.77 Å². The van der Waals surface area contributed by atoms with E-state index in [2.05, 4.69) is 16.6 Å². The molecule has 128 valence electrons. The molecule has 24 heavy (non-hydrogen) atoms. The van der Waals surface area contributed by atoms with Crippen molar-refractivity contribution in [3.63, 3.8) is 0 Å². The summed E-state index contributed by atoms with van der Waals surface area (Å²) in [5, 5.41) is 6.46. The van der Waals surface area contributed by atoms with Crippen LogP contribution in [0.4, 0.5) is 0 Å². The van der Waals surface area contributed by atoms with Gasteiger partial charge in [-0.1, -0.05) is 12.1 Å². The fraction of sp³-hybridized carbons (Fsp3) is 0.438. The van der Waals surface area contributed by atoms with Gasteiger partial charge in [-0.25, -0.2) is 4.68 Å². The van der Waals surface area contributed by atoms with E-state index in [-0.39, 0.29) is 5.91 Å². The molecule has 1 saturated heterocycles. The molecule has 1 aliphatic heterocycles. The topological polar surface area (TPSA) is 46.3 Å². The van der Waals surface area contributed by atoms with Gasteiger partial charge in [-0.3, -0.25) is 9.69 Å². The molecule has 0 aromatic carbocycles. The van der Waals surface area contributed by atoms with Gasteiger partial charge in [-0.05, 0) is 30.6 Å². The van der Waals surface area contributed by atoms with E-state index in [0.29, 0.717) is 18.0 Å². The normalized spacial score (nSPS) is 15.6. The van der Waals surface area contributed by atoms with E-state index < -0.39 is 0 Å². The van der Waals surface area contributed by atoms with Crippen LogP contribution in [0.5, 0.6) is 0 Å². The summed E-state index contributed by atoms with van der Waals surface area (Å²) in [5.74, 6) is 1.03. The lowest BCUT2D eigenvalue weighted by Gasteiger charge is -2.34. The van der Waals surface area contributed by atoms with Crippen molar-refractivity contribution < 1.29 is 4.79 Å². The Morgan fingerprint density at radius 2 is 2.17 bits per heavy atom. The number of aryl methyl sites for hydroxylation is 1. The zero-order chi connectivity index (χ0) is 17.1. The standard InChI is InChI=1S/C16H21N5OS2/c1-3-6-20-13(2)17-21(16(20)23)12-18-7-9-19(10-8-18)15(22)14-5-4-11-24-14/h3-5,11H,1,6-10,12H2,2H3. The molecule has 3 rings (SSSR count). The third-order valence-corrected chi connectivity index (χ3v) is 5.43. The highest BCUT2D eigenvalue weighted by atomic mass is 32.1. The summed E-state index contributed by atoms with van der Waals surface area (Å²) in [4.78, 5) is 17.4. The molecule has 0 bridgehead atoms. The lowest BCUT2D eigenvalue weighted by atomic mass is 10.3. The van der Waals surface area contributed by atoms with Gasteiger partial charge in [0.1, 0.15) is 5.82 Å². The van der Waals surface area contributed by atoms with Crippen molar-refractivity contribution in [1.82, 2.24) is 24.1 Å². The van der Waals surface area contributed by atoms with E-state index in [4.69, 9.17) is 12.2 Å². The van der Waals surface area contributed by atoms with Crippen LogP contribution in [0.25, 0.3) is 0 Å². The number of amides is 1. The molecule has 1 amide bonds. The Morgan fingerprint density at radius 1 is 1.42 bits per heavy atom. The third kappa shape index (κ3) is 3.50. The number of carbonyl (C=O) groups is 1. The molecular formula is C16H21N5OS2. The number of piperazine rings is 1. The van der Waals surface area contributed by atoms with Gasteiger partial charge in [-0.2, -0.15) is 5.10 Å². The van der Waals surface area contributed by atoms with E-state index in [0.717, 1.165) is 36.9 Å². The highest BCUT2D eigenvalue weighted by Crippen LogP contribution is 2.14. The fourth-order valence-corrected chi connectivity index (χ4v) is 3.81. The predicted octanol–water partition coefficient (Wildman–Crippen LogP) is 2.39. The van der Waals surface area contributed by atoms with E-state index >= 15 is 0 Å². The highest BCUT2D eigenvalue weighted by molar-refractivity contribution is 7.71. The molecular weight excluding hydrogens is 342 g/mol. The van der Waals surface area contributed by atoms with Gasteiger partial charge in [0.05, 0.1) is 11.5 Å². The lowest BCUT2D eigenvalue weighted by molar-refractivity contribution is 0.0589. The van der Waals surface area contributed by atoms with Gasteiger partial charge < -0.3 is 9.47 Å². The number of nitrogens with zero attached hydrogens (tertiary/aromatic N) is 5. The first-order valence-corrected chi connectivity index (χ1v) is 9.19. The summed E-state index contributed by atoms with van der Waals surface area (Å²) < 4.78 is 4.54. The average Bonchev–Trinajstić information content (AvgIpc) is 3.20. The van der Waals surface area contributed by atoms with Crippen molar-refractivity contribution in [1.29, 1.82) is 0 Å². The Labute approximate surface area is 150 Å². The van der Waals surface area contributed by atoms with Crippen molar-refractivity contribution in [2.75, 3.05) is 26.2 Å². The first kappa shape index (κ1) is 17.1. The maximum atomic E-state index is 12.4. The summed E-state index contributed by atoms with van der Waals surface area (Å²) in [6.07, 6.45) is 1.82. The van der Waals surface area contributed by atoms with E-state index in [1.807, 2.05) is 44.7 Å². The summed E-state index contributed by atoms with van der Waals surface area (Å²) in [7, 11) is 0. The first-order chi connectivity index (χ1) is 11.6. The SMILES string of the molecule is C=CCn1c(C)nn(CN2CCN(C(=O)c3cccs3)CC2)c1=S. The number of rotatable bonds is 5. The largest absolute Gasteiger partial charge is 0.335 e. The Kier molecular flexibility index (Phi) is 5.27. The van der Waals surface area contributed by atoms with Gasteiger partial charge in [-0.15, -0.1) is 17.9 Å². The maximum absolute atomic E-state index is 12.4. The molecule has 0 spiro atoms. The van der Waals surface area contributed by atoms with E-state index in [1.165, 1.54) is 11.3 Å². The van der Waals surface area contributed by atoms with Crippen LogP contribution in [0.3, 0.4) is 0 Å². The number of hydrogen-bond donors (Lipinski definition) is 0. The van der Waals surface area contributed by atoms with Crippen molar-refractivity contribution in [2.24, 2.45) is 0 Å². The second kappa shape index (κ2) is 7.42. The van der Waals surface area contributed by atoms with Crippen LogP contribution in [0.15, 0.2) is 30.2 Å². The van der Waals surface area contributed by atoms with Gasteiger partial charge in [0.2, 0.25) is 0 Å². The van der Waals surface area contributed by atoms with Crippen LogP contribution in [0.2, 0.25) is 0 Å². The maximum Gasteiger partial charge on any atom is 0.264 e. The summed E-state index contributed by atoms with van der Waals surface area (Å²) >= 11 is 6.99. The minimum atomic E-state index is 0.132. The monoisotopic (exact) mass is 363 g/mol. The molecule has 0 aliphatic carbocycles. The summed E-state index contributed by atoms with van der Waals surface area (Å²) in [5.41, 5.74) is 0. The fourth-order valence-electron chi connectivity index (χ4n) is 2.82. The smallest absolute Gasteiger partial charge is 0.264 e. The Bertz CT molecular complexity index is 769. The summed E-state index contributed by atoms with van der Waals surface area (Å²) in [6, 6.07) is 3.80. The first-order valence-electron chi connectivity index (χ1n) is 7.90. The second-order valence-electron chi connectivity index (χ2n) is 5.76. The van der Waals surface area contributed by atoms with Gasteiger partial charge >= 0.3 is 0 Å². The molecule has 1 aliphatic rings. The Hall–Kier alpha value is -1.77. The second-order valence-corrected chi connectivity index (χ2v) is 7.07. The number of carbonyl (C=O) groups excluding carboxylic acids is 1. The van der Waals surface area contributed by atoms with E-state index in [1.54, 1.807) is 0 Å². The van der Waals surface area contributed by atoms with Crippen LogP contribution in [0.1, 0.15) is 15.5 Å². The highest BCUT2D eigenvalue weighted by Gasteiger charge is 2.23. The summed E-state index contributed by atoms with van der Waals surface area (Å²) in [6.45, 7) is 10.2. The number of allylic oxidation sites excluding steroid dienone is 1. The minimum Gasteiger partial charge on any atom is -0.335 e. The Balaban J connectivity index is 1.60. The quantitative estimate of drug-likeness (QED) is 0.604. The third-order valence-electron chi connectivity index (χ3n) is 4.14. The number of aromatic nitrogens is 3. The molecule has 8 heteroatoms. The molecule has 1 fully saturated rings. The molecule has 0 unspecified atom stereocenters. The average molecular weight is 364 g/mol. The van der Waals surface area contributed by atoms with Gasteiger partial charge in [0, 0.05) is 32.7 Å². The molecule has 3 heterocycles. The minimum absolute atomic E-state index is 0.132. The van der Waals surface area contributed by atoms with E-state index in [9.17, 15) is 4.79 Å². The van der Waals surface area contributed by atoms with Crippen LogP contribution in [-0.2, 0) is 13.2 Å². The number of thiophene rings is 1. The van der Waals surface area contributed by atoms with Crippen LogP contribution < -0.4 is 0 Å². The van der Waals surface area contributed by atoms with Crippen LogP contribution in [-0.4, -0.2) is 56.2 Å². The van der Waals surface area contributed by atoms with Crippen LogP contribution in [0, 0.1) is 11.7 Å². The van der Waals surface area contributed by atoms with Crippen molar-refractivity contribution in [3.05, 3.63) is 45.6 Å².